The van der Waals surface area contributed by atoms with Gasteiger partial charge < -0.3 is 14.8 Å². The van der Waals surface area contributed by atoms with Crippen molar-refractivity contribution in [2.24, 2.45) is 0 Å². The second kappa shape index (κ2) is 6.11. The van der Waals surface area contributed by atoms with Crippen molar-refractivity contribution in [1.82, 2.24) is 5.32 Å². The van der Waals surface area contributed by atoms with E-state index in [1.165, 1.54) is 6.26 Å². The third kappa shape index (κ3) is 3.93. The van der Waals surface area contributed by atoms with Crippen molar-refractivity contribution in [2.75, 3.05) is 6.26 Å². The van der Waals surface area contributed by atoms with E-state index in [2.05, 4.69) is 5.32 Å². The van der Waals surface area contributed by atoms with Crippen LogP contribution < -0.4 is 5.32 Å². The normalized spacial score (nSPS) is 11.5. The molecular weight excluding hydrogens is 294 g/mol. The Morgan fingerprint density at radius 2 is 1.86 bits per heavy atom. The summed E-state index contributed by atoms with van der Waals surface area (Å²) in [6.45, 7) is 0.847. The van der Waals surface area contributed by atoms with Gasteiger partial charge in [0.25, 0.3) is 0 Å². The van der Waals surface area contributed by atoms with E-state index in [1.807, 2.05) is 0 Å². The van der Waals surface area contributed by atoms with Gasteiger partial charge in [0, 0.05) is 24.9 Å². The molecule has 0 bridgehead atoms. The standard InChI is InChI=1S/C14H15NO5S/c1-21(18,19)12-4-2-10(3-5-12)8-15-9-11-6-7-20-13(11)14(16)17/h2-7,15H,8-9H2,1H3,(H,16,17). The van der Waals surface area contributed by atoms with Gasteiger partial charge in [0.15, 0.2) is 9.84 Å². The van der Waals surface area contributed by atoms with Crippen molar-refractivity contribution in [3.8, 4) is 0 Å². The molecule has 0 aliphatic heterocycles. The molecule has 0 amide bonds. The highest BCUT2D eigenvalue weighted by Crippen LogP contribution is 2.12. The lowest BCUT2D eigenvalue weighted by Gasteiger charge is -2.05. The Hall–Kier alpha value is -2.12. The molecule has 1 aromatic carbocycles. The summed E-state index contributed by atoms with van der Waals surface area (Å²) >= 11 is 0. The zero-order valence-electron chi connectivity index (χ0n) is 11.4. The van der Waals surface area contributed by atoms with Crippen molar-refractivity contribution < 1.29 is 22.7 Å². The van der Waals surface area contributed by atoms with Crippen LogP contribution in [0.3, 0.4) is 0 Å². The van der Waals surface area contributed by atoms with Crippen molar-refractivity contribution in [2.45, 2.75) is 18.0 Å². The fraction of sp³-hybridized carbons (Fsp3) is 0.214. The predicted octanol–water partition coefficient (Wildman–Crippen LogP) is 1.67. The smallest absolute Gasteiger partial charge is 0.372 e. The molecule has 1 heterocycles. The minimum atomic E-state index is -3.19. The van der Waals surface area contributed by atoms with Crippen LogP contribution in [0.2, 0.25) is 0 Å². The topological polar surface area (TPSA) is 96.6 Å². The average molecular weight is 309 g/mol. The second-order valence-corrected chi connectivity index (χ2v) is 6.62. The molecule has 112 valence electrons. The van der Waals surface area contributed by atoms with Gasteiger partial charge >= 0.3 is 5.97 Å². The molecule has 21 heavy (non-hydrogen) atoms. The summed E-state index contributed by atoms with van der Waals surface area (Å²) in [4.78, 5) is 11.1. The molecule has 0 spiro atoms. The van der Waals surface area contributed by atoms with Crippen LogP contribution in [0.15, 0.2) is 45.9 Å². The van der Waals surface area contributed by atoms with E-state index < -0.39 is 15.8 Å². The van der Waals surface area contributed by atoms with E-state index in [0.29, 0.717) is 18.7 Å². The molecule has 0 fully saturated rings. The van der Waals surface area contributed by atoms with Crippen LogP contribution in [-0.4, -0.2) is 25.7 Å². The maximum Gasteiger partial charge on any atom is 0.372 e. The first-order valence-electron chi connectivity index (χ1n) is 6.17. The van der Waals surface area contributed by atoms with Crippen LogP contribution in [0.4, 0.5) is 0 Å². The average Bonchev–Trinajstić information content (AvgIpc) is 2.87. The maximum absolute atomic E-state index is 11.3. The van der Waals surface area contributed by atoms with Crippen molar-refractivity contribution in [3.63, 3.8) is 0 Å². The van der Waals surface area contributed by atoms with E-state index in [0.717, 1.165) is 11.8 Å². The number of carbonyl (C=O) groups is 1. The van der Waals surface area contributed by atoms with Gasteiger partial charge in [0.05, 0.1) is 11.2 Å². The highest BCUT2D eigenvalue weighted by Gasteiger charge is 2.13. The minimum absolute atomic E-state index is 0.0741. The number of aromatic carboxylic acids is 1. The number of rotatable bonds is 6. The molecule has 0 atom stereocenters. The first-order chi connectivity index (χ1) is 9.88. The molecule has 0 radical (unpaired) electrons. The van der Waals surface area contributed by atoms with Gasteiger partial charge in [-0.1, -0.05) is 12.1 Å². The van der Waals surface area contributed by atoms with Crippen molar-refractivity contribution >= 4 is 15.8 Å². The van der Waals surface area contributed by atoms with Crippen LogP contribution in [0.5, 0.6) is 0 Å². The number of benzene rings is 1. The molecule has 0 saturated carbocycles. The van der Waals surface area contributed by atoms with E-state index >= 15 is 0 Å². The number of nitrogens with one attached hydrogen (secondary N) is 1. The lowest BCUT2D eigenvalue weighted by Crippen LogP contribution is -2.14. The minimum Gasteiger partial charge on any atom is -0.475 e. The second-order valence-electron chi connectivity index (χ2n) is 4.60. The predicted molar refractivity (Wildman–Crippen MR) is 75.8 cm³/mol. The first-order valence-corrected chi connectivity index (χ1v) is 8.06. The molecule has 0 saturated heterocycles. The number of hydrogen-bond acceptors (Lipinski definition) is 5. The third-order valence-corrected chi connectivity index (χ3v) is 4.07. The van der Waals surface area contributed by atoms with Gasteiger partial charge in [-0.2, -0.15) is 0 Å². The van der Waals surface area contributed by atoms with Gasteiger partial charge in [-0.25, -0.2) is 13.2 Å². The zero-order chi connectivity index (χ0) is 15.5. The Kier molecular flexibility index (Phi) is 4.44. The largest absolute Gasteiger partial charge is 0.475 e. The Labute approximate surface area is 122 Å². The van der Waals surface area contributed by atoms with E-state index in [-0.39, 0.29) is 10.7 Å². The van der Waals surface area contributed by atoms with E-state index in [1.54, 1.807) is 30.3 Å². The molecule has 0 aliphatic carbocycles. The number of furan rings is 1. The van der Waals surface area contributed by atoms with Gasteiger partial charge in [0.2, 0.25) is 5.76 Å². The summed E-state index contributed by atoms with van der Waals surface area (Å²) in [6.07, 6.45) is 2.49. The highest BCUT2D eigenvalue weighted by atomic mass is 32.2. The summed E-state index contributed by atoms with van der Waals surface area (Å²) < 4.78 is 27.5. The molecule has 0 unspecified atom stereocenters. The van der Waals surface area contributed by atoms with Crippen LogP contribution >= 0.6 is 0 Å². The molecule has 6 nitrogen and oxygen atoms in total. The van der Waals surface area contributed by atoms with Crippen LogP contribution in [-0.2, 0) is 22.9 Å². The molecule has 0 aliphatic rings. The third-order valence-electron chi connectivity index (χ3n) is 2.94. The molecular formula is C14H15NO5S. The number of hydrogen-bond donors (Lipinski definition) is 2. The Bertz CT molecular complexity index is 731. The highest BCUT2D eigenvalue weighted by molar-refractivity contribution is 7.90. The van der Waals surface area contributed by atoms with Gasteiger partial charge in [-0.15, -0.1) is 0 Å². The Morgan fingerprint density at radius 1 is 1.19 bits per heavy atom. The van der Waals surface area contributed by atoms with Crippen LogP contribution in [0.25, 0.3) is 0 Å². The monoisotopic (exact) mass is 309 g/mol. The molecule has 2 aromatic rings. The lowest BCUT2D eigenvalue weighted by atomic mass is 10.2. The van der Waals surface area contributed by atoms with Crippen LogP contribution in [0.1, 0.15) is 21.7 Å². The Balaban J connectivity index is 1.95. The molecule has 7 heteroatoms. The number of sulfone groups is 1. The van der Waals surface area contributed by atoms with Gasteiger partial charge in [0.1, 0.15) is 0 Å². The van der Waals surface area contributed by atoms with Gasteiger partial charge in [-0.3, -0.25) is 0 Å². The van der Waals surface area contributed by atoms with Crippen molar-refractivity contribution in [1.29, 1.82) is 0 Å². The summed E-state index contributed by atoms with van der Waals surface area (Å²) in [5.74, 6) is -1.18. The zero-order valence-corrected chi connectivity index (χ0v) is 12.2. The fourth-order valence-electron chi connectivity index (χ4n) is 1.86. The van der Waals surface area contributed by atoms with Gasteiger partial charge in [-0.05, 0) is 23.8 Å². The van der Waals surface area contributed by atoms with E-state index in [9.17, 15) is 13.2 Å². The molecule has 2 rings (SSSR count). The summed E-state index contributed by atoms with van der Waals surface area (Å²) in [5.41, 5.74) is 1.47. The lowest BCUT2D eigenvalue weighted by molar-refractivity contribution is 0.0660. The first kappa shape index (κ1) is 15.3. The van der Waals surface area contributed by atoms with Crippen LogP contribution in [0, 0.1) is 0 Å². The SMILES string of the molecule is CS(=O)(=O)c1ccc(CNCc2ccoc2C(=O)O)cc1. The maximum atomic E-state index is 11.3. The number of carboxylic acid groups (broad SMARTS) is 1. The fourth-order valence-corrected chi connectivity index (χ4v) is 2.49. The Morgan fingerprint density at radius 3 is 2.43 bits per heavy atom. The summed E-state index contributed by atoms with van der Waals surface area (Å²) in [7, 11) is -3.19. The van der Waals surface area contributed by atoms with E-state index in [4.69, 9.17) is 9.52 Å². The molecule has 1 aromatic heterocycles. The van der Waals surface area contributed by atoms with Crippen molar-refractivity contribution in [3.05, 3.63) is 53.5 Å². The summed E-state index contributed by atoms with van der Waals surface area (Å²) in [5, 5.41) is 12.0. The quantitative estimate of drug-likeness (QED) is 0.842. The molecule has 2 N–H and O–H groups in total. The number of carboxylic acids is 1. The summed E-state index contributed by atoms with van der Waals surface area (Å²) in [6, 6.07) is 8.14.